The van der Waals surface area contributed by atoms with Crippen LogP contribution in [0.25, 0.3) is 11.1 Å². The Kier molecular flexibility index (Phi) is 7.82. The number of nitrogens with one attached hydrogen (secondary N) is 2. The van der Waals surface area contributed by atoms with Crippen LogP contribution in [0.4, 0.5) is 10.5 Å². The van der Waals surface area contributed by atoms with E-state index in [0.29, 0.717) is 29.5 Å². The molecule has 0 heterocycles. The van der Waals surface area contributed by atoms with Gasteiger partial charge in [-0.25, -0.2) is 9.59 Å². The number of carbonyl (C=O) groups excluding carboxylic acids is 2. The van der Waals surface area contributed by atoms with Crippen LogP contribution >= 0.6 is 15.9 Å². The zero-order valence-corrected chi connectivity index (χ0v) is 20.5. The van der Waals surface area contributed by atoms with Gasteiger partial charge in [0.1, 0.15) is 6.61 Å². The first-order chi connectivity index (χ1) is 16.9. The van der Waals surface area contributed by atoms with Crippen molar-refractivity contribution >= 4 is 39.6 Å². The maximum absolute atomic E-state index is 12.2. The monoisotopic (exact) mass is 536 g/mol. The van der Waals surface area contributed by atoms with Gasteiger partial charge in [-0.15, -0.1) is 0 Å². The number of amides is 2. The normalized spacial score (nSPS) is 11.9. The fourth-order valence-electron chi connectivity index (χ4n) is 4.26. The van der Waals surface area contributed by atoms with Crippen molar-refractivity contribution in [3.05, 3.63) is 87.9 Å². The summed E-state index contributed by atoms with van der Waals surface area (Å²) in [5.74, 6) is -1.28. The number of alkyl carbamates (subject to hydrolysis) is 1. The average molecular weight is 537 g/mol. The van der Waals surface area contributed by atoms with E-state index in [4.69, 9.17) is 9.84 Å². The number of halogens is 1. The number of anilines is 1. The molecule has 35 heavy (non-hydrogen) atoms. The van der Waals surface area contributed by atoms with Gasteiger partial charge < -0.3 is 20.5 Å². The zero-order chi connectivity index (χ0) is 24.8. The minimum atomic E-state index is -1.07. The van der Waals surface area contributed by atoms with Crippen LogP contribution in [-0.2, 0) is 9.53 Å². The molecular weight excluding hydrogens is 512 g/mol. The largest absolute Gasteiger partial charge is 0.478 e. The van der Waals surface area contributed by atoms with E-state index in [1.165, 1.54) is 23.3 Å². The van der Waals surface area contributed by atoms with E-state index < -0.39 is 12.1 Å². The molecule has 3 aromatic carbocycles. The molecule has 7 nitrogen and oxygen atoms in total. The highest BCUT2D eigenvalue weighted by Crippen LogP contribution is 2.44. The summed E-state index contributed by atoms with van der Waals surface area (Å²) in [6.07, 6.45) is 0.944. The summed E-state index contributed by atoms with van der Waals surface area (Å²) in [7, 11) is 0. The smallest absolute Gasteiger partial charge is 0.407 e. The number of ether oxygens (including phenoxy) is 1. The quantitative estimate of drug-likeness (QED) is 0.300. The third-order valence-electron chi connectivity index (χ3n) is 5.87. The fraction of sp³-hybridized carbons (Fsp3) is 0.222. The van der Waals surface area contributed by atoms with Crippen molar-refractivity contribution in [1.29, 1.82) is 0 Å². The molecule has 3 aromatic rings. The molecule has 0 saturated carbocycles. The van der Waals surface area contributed by atoms with Gasteiger partial charge in [-0.2, -0.15) is 0 Å². The number of carbonyl (C=O) groups is 3. The van der Waals surface area contributed by atoms with Gasteiger partial charge >= 0.3 is 12.1 Å². The van der Waals surface area contributed by atoms with Gasteiger partial charge in [-0.3, -0.25) is 4.79 Å². The van der Waals surface area contributed by atoms with Crippen LogP contribution in [0.1, 0.15) is 46.7 Å². The molecule has 0 bridgehead atoms. The van der Waals surface area contributed by atoms with E-state index in [1.807, 2.05) is 24.3 Å². The van der Waals surface area contributed by atoms with Gasteiger partial charge in [0.15, 0.2) is 0 Å². The summed E-state index contributed by atoms with van der Waals surface area (Å²) < 4.78 is 6.08. The minimum absolute atomic E-state index is 0.0107. The number of rotatable bonds is 9. The van der Waals surface area contributed by atoms with E-state index in [1.54, 1.807) is 6.07 Å². The molecule has 0 aliphatic heterocycles. The number of hydrogen-bond donors (Lipinski definition) is 3. The molecule has 0 unspecified atom stereocenters. The Morgan fingerprint density at radius 2 is 1.57 bits per heavy atom. The SMILES string of the molecule is O=C(CCCCNC(=O)OCC1c2ccccc2-c2ccccc21)Nc1cc(Br)cc(C(=O)O)c1. The van der Waals surface area contributed by atoms with Gasteiger partial charge in [0, 0.05) is 29.0 Å². The second-order valence-corrected chi connectivity index (χ2v) is 9.21. The minimum Gasteiger partial charge on any atom is -0.478 e. The average Bonchev–Trinajstić information content (AvgIpc) is 3.16. The second-order valence-electron chi connectivity index (χ2n) is 8.29. The van der Waals surface area contributed by atoms with Crippen LogP contribution in [0.2, 0.25) is 0 Å². The Hall–Kier alpha value is -3.65. The van der Waals surface area contributed by atoms with Crippen molar-refractivity contribution in [1.82, 2.24) is 5.32 Å². The van der Waals surface area contributed by atoms with Crippen molar-refractivity contribution < 1.29 is 24.2 Å². The predicted octanol–water partition coefficient (Wildman–Crippen LogP) is 5.79. The number of unbranched alkanes of at least 4 members (excludes halogenated alkanes) is 1. The van der Waals surface area contributed by atoms with Gasteiger partial charge in [-0.1, -0.05) is 64.5 Å². The van der Waals surface area contributed by atoms with Gasteiger partial charge in [0.25, 0.3) is 0 Å². The van der Waals surface area contributed by atoms with E-state index in [9.17, 15) is 14.4 Å². The van der Waals surface area contributed by atoms with E-state index in [-0.39, 0.29) is 30.4 Å². The Labute approximate surface area is 211 Å². The van der Waals surface area contributed by atoms with Crippen molar-refractivity contribution in [2.24, 2.45) is 0 Å². The lowest BCUT2D eigenvalue weighted by Crippen LogP contribution is -2.27. The lowest BCUT2D eigenvalue weighted by atomic mass is 9.98. The Balaban J connectivity index is 1.18. The number of fused-ring (bicyclic) bond motifs is 3. The van der Waals surface area contributed by atoms with Gasteiger partial charge in [-0.05, 0) is 53.3 Å². The maximum atomic E-state index is 12.2. The summed E-state index contributed by atoms with van der Waals surface area (Å²) >= 11 is 3.24. The standard InChI is InChI=1S/C27H25BrN2O5/c28-18-13-17(26(32)33)14-19(15-18)30-25(31)11-5-6-12-29-27(34)35-16-24-22-9-3-1-7-20(22)21-8-2-4-10-23(21)24/h1-4,7-10,13-15,24H,5-6,11-12,16H2,(H,29,34)(H,30,31)(H,32,33). The Morgan fingerprint density at radius 3 is 2.23 bits per heavy atom. The molecule has 0 fully saturated rings. The molecule has 180 valence electrons. The predicted molar refractivity (Wildman–Crippen MR) is 137 cm³/mol. The van der Waals surface area contributed by atoms with Gasteiger partial charge in [0.2, 0.25) is 5.91 Å². The molecule has 1 aliphatic rings. The summed E-state index contributed by atoms with van der Waals surface area (Å²) in [5, 5.41) is 14.6. The van der Waals surface area contributed by atoms with Crippen molar-refractivity contribution in [3.8, 4) is 11.1 Å². The number of hydrogen-bond acceptors (Lipinski definition) is 4. The molecule has 0 saturated heterocycles. The Morgan fingerprint density at radius 1 is 0.914 bits per heavy atom. The number of carboxylic acid groups (broad SMARTS) is 1. The summed E-state index contributed by atoms with van der Waals surface area (Å²) in [4.78, 5) is 35.5. The lowest BCUT2D eigenvalue weighted by molar-refractivity contribution is -0.116. The first-order valence-corrected chi connectivity index (χ1v) is 12.1. The molecule has 0 aromatic heterocycles. The maximum Gasteiger partial charge on any atom is 0.407 e. The van der Waals surface area contributed by atoms with Crippen molar-refractivity contribution in [3.63, 3.8) is 0 Å². The van der Waals surface area contributed by atoms with Crippen LogP contribution in [0.15, 0.2) is 71.2 Å². The van der Waals surface area contributed by atoms with Crippen molar-refractivity contribution in [2.45, 2.75) is 25.2 Å². The molecule has 3 N–H and O–H groups in total. The topological polar surface area (TPSA) is 105 Å². The van der Waals surface area contributed by atoms with Crippen LogP contribution in [0.5, 0.6) is 0 Å². The van der Waals surface area contributed by atoms with Crippen LogP contribution < -0.4 is 10.6 Å². The van der Waals surface area contributed by atoms with E-state index in [2.05, 4.69) is 50.8 Å². The van der Waals surface area contributed by atoms with E-state index >= 15 is 0 Å². The lowest BCUT2D eigenvalue weighted by Gasteiger charge is -2.14. The molecule has 1 aliphatic carbocycles. The van der Waals surface area contributed by atoms with Crippen LogP contribution in [0.3, 0.4) is 0 Å². The fourth-order valence-corrected chi connectivity index (χ4v) is 4.75. The highest BCUT2D eigenvalue weighted by atomic mass is 79.9. The Bertz CT molecular complexity index is 1210. The molecule has 2 amide bonds. The van der Waals surface area contributed by atoms with Crippen LogP contribution in [-0.4, -0.2) is 36.2 Å². The molecule has 4 rings (SSSR count). The molecule has 0 spiro atoms. The molecular formula is C27H25BrN2O5. The van der Waals surface area contributed by atoms with E-state index in [0.717, 1.165) is 11.1 Å². The molecule has 0 atom stereocenters. The summed E-state index contributed by atoms with van der Waals surface area (Å²) in [6.45, 7) is 0.650. The third-order valence-corrected chi connectivity index (χ3v) is 6.33. The van der Waals surface area contributed by atoms with Crippen LogP contribution in [0, 0.1) is 0 Å². The molecule has 0 radical (unpaired) electrons. The first-order valence-electron chi connectivity index (χ1n) is 11.3. The summed E-state index contributed by atoms with van der Waals surface area (Å²) in [6, 6.07) is 20.9. The highest BCUT2D eigenvalue weighted by molar-refractivity contribution is 9.10. The number of benzene rings is 3. The molecule has 8 heteroatoms. The number of aromatic carboxylic acids is 1. The summed E-state index contributed by atoms with van der Waals surface area (Å²) in [5.41, 5.74) is 5.18. The second kappa shape index (κ2) is 11.2. The zero-order valence-electron chi connectivity index (χ0n) is 18.9. The third kappa shape index (κ3) is 6.08. The first kappa shape index (κ1) is 24.5. The highest BCUT2D eigenvalue weighted by Gasteiger charge is 2.28. The van der Waals surface area contributed by atoms with Gasteiger partial charge in [0.05, 0.1) is 5.56 Å². The van der Waals surface area contributed by atoms with Crippen molar-refractivity contribution in [2.75, 3.05) is 18.5 Å². The number of carboxylic acids is 1.